The van der Waals surface area contributed by atoms with E-state index in [-0.39, 0.29) is 6.04 Å². The molecular weight excluding hydrogens is 194 g/mol. The van der Waals surface area contributed by atoms with Gasteiger partial charge in [-0.25, -0.2) is 0 Å². The second-order valence-corrected chi connectivity index (χ2v) is 4.34. The van der Waals surface area contributed by atoms with Crippen molar-refractivity contribution in [1.29, 1.82) is 0 Å². The van der Waals surface area contributed by atoms with E-state index in [2.05, 4.69) is 4.90 Å². The van der Waals surface area contributed by atoms with Crippen molar-refractivity contribution in [2.75, 3.05) is 19.6 Å². The van der Waals surface area contributed by atoms with Gasteiger partial charge in [0.1, 0.15) is 0 Å². The van der Waals surface area contributed by atoms with Gasteiger partial charge in [-0.2, -0.15) is 0 Å². The normalized spacial score (nSPS) is 19.4. The molecule has 1 saturated heterocycles. The Hall–Kier alpha value is -0.190. The Bertz CT molecular complexity index is 178. The topological polar surface area (TPSA) is 55.3 Å². The molecule has 1 rings (SSSR count). The number of rotatable bonds is 4. The quantitative estimate of drug-likeness (QED) is 0.683. The Morgan fingerprint density at radius 3 is 2.50 bits per heavy atom. The Morgan fingerprint density at radius 1 is 1.29 bits per heavy atom. The molecule has 4 heteroatoms. The van der Waals surface area contributed by atoms with Crippen LogP contribution >= 0.6 is 12.2 Å². The van der Waals surface area contributed by atoms with E-state index in [1.165, 1.54) is 19.3 Å². The number of hydrogen-bond acceptors (Lipinski definition) is 3. The number of thiocarbonyl (C=S) groups is 1. The van der Waals surface area contributed by atoms with Crippen molar-refractivity contribution in [2.24, 2.45) is 11.5 Å². The molecular formula is C10H21N3S. The summed E-state index contributed by atoms with van der Waals surface area (Å²) in [6.45, 7) is 2.89. The summed E-state index contributed by atoms with van der Waals surface area (Å²) in [7, 11) is 0. The second kappa shape index (κ2) is 6.32. The van der Waals surface area contributed by atoms with Gasteiger partial charge in [-0.15, -0.1) is 0 Å². The SMILES string of the molecule is NCCC[C@H](N)C(=S)N1CCCCC1. The maximum atomic E-state index is 6.00. The number of hydrogen-bond donors (Lipinski definition) is 2. The molecule has 0 bridgehead atoms. The standard InChI is InChI=1S/C10H21N3S/c11-6-4-5-9(12)10(14)13-7-2-1-3-8-13/h9H,1-8,11-12H2/t9-/m0/s1. The third-order valence-corrected chi connectivity index (χ3v) is 3.27. The van der Waals surface area contributed by atoms with Gasteiger partial charge < -0.3 is 16.4 Å². The molecule has 0 saturated carbocycles. The highest BCUT2D eigenvalue weighted by Crippen LogP contribution is 2.11. The van der Waals surface area contributed by atoms with Crippen LogP contribution < -0.4 is 11.5 Å². The largest absolute Gasteiger partial charge is 0.365 e. The zero-order valence-corrected chi connectivity index (χ0v) is 9.56. The van der Waals surface area contributed by atoms with E-state index < -0.39 is 0 Å². The summed E-state index contributed by atoms with van der Waals surface area (Å²) < 4.78 is 0. The molecule has 0 aromatic carbocycles. The first-order valence-corrected chi connectivity index (χ1v) is 5.91. The third-order valence-electron chi connectivity index (χ3n) is 2.70. The first-order chi connectivity index (χ1) is 6.75. The highest BCUT2D eigenvalue weighted by atomic mass is 32.1. The van der Waals surface area contributed by atoms with E-state index in [0.29, 0.717) is 6.54 Å². The third kappa shape index (κ3) is 3.52. The van der Waals surface area contributed by atoms with Crippen molar-refractivity contribution >= 4 is 17.2 Å². The Morgan fingerprint density at radius 2 is 1.93 bits per heavy atom. The minimum absolute atomic E-state index is 0.0339. The van der Waals surface area contributed by atoms with Crippen molar-refractivity contribution in [1.82, 2.24) is 4.90 Å². The maximum absolute atomic E-state index is 6.00. The number of nitrogens with two attached hydrogens (primary N) is 2. The van der Waals surface area contributed by atoms with Crippen LogP contribution in [0, 0.1) is 0 Å². The molecule has 1 heterocycles. The van der Waals surface area contributed by atoms with E-state index in [1.54, 1.807) is 0 Å². The van der Waals surface area contributed by atoms with Gasteiger partial charge >= 0.3 is 0 Å². The van der Waals surface area contributed by atoms with Crippen molar-refractivity contribution in [3.8, 4) is 0 Å². The minimum atomic E-state index is 0.0339. The van der Waals surface area contributed by atoms with Crippen molar-refractivity contribution < 1.29 is 0 Å². The molecule has 1 fully saturated rings. The fraction of sp³-hybridized carbons (Fsp3) is 0.900. The Labute approximate surface area is 91.8 Å². The number of likely N-dealkylation sites (tertiary alicyclic amines) is 1. The van der Waals surface area contributed by atoms with E-state index in [9.17, 15) is 0 Å². The molecule has 0 aromatic heterocycles. The van der Waals surface area contributed by atoms with Crippen LogP contribution in [0.3, 0.4) is 0 Å². The maximum Gasteiger partial charge on any atom is 0.0949 e. The predicted molar refractivity (Wildman–Crippen MR) is 64.3 cm³/mol. The first kappa shape index (κ1) is 11.9. The number of piperidine rings is 1. The van der Waals surface area contributed by atoms with E-state index in [1.807, 2.05) is 0 Å². The summed E-state index contributed by atoms with van der Waals surface area (Å²) in [4.78, 5) is 3.21. The molecule has 0 spiro atoms. The molecule has 14 heavy (non-hydrogen) atoms. The molecule has 0 radical (unpaired) electrons. The van der Waals surface area contributed by atoms with Crippen LogP contribution in [0.25, 0.3) is 0 Å². The minimum Gasteiger partial charge on any atom is -0.365 e. The van der Waals surface area contributed by atoms with Crippen molar-refractivity contribution in [2.45, 2.75) is 38.1 Å². The van der Waals surface area contributed by atoms with Gasteiger partial charge in [-0.3, -0.25) is 0 Å². The molecule has 4 N–H and O–H groups in total. The lowest BCUT2D eigenvalue weighted by Crippen LogP contribution is -2.44. The lowest BCUT2D eigenvalue weighted by atomic mass is 10.1. The second-order valence-electron chi connectivity index (χ2n) is 3.92. The Balaban J connectivity index is 2.30. The highest BCUT2D eigenvalue weighted by Gasteiger charge is 2.18. The van der Waals surface area contributed by atoms with E-state index in [4.69, 9.17) is 23.7 Å². The fourth-order valence-electron chi connectivity index (χ4n) is 1.81. The monoisotopic (exact) mass is 215 g/mol. The van der Waals surface area contributed by atoms with Gasteiger partial charge in [0.15, 0.2) is 0 Å². The molecule has 1 aliphatic rings. The average molecular weight is 215 g/mol. The zero-order chi connectivity index (χ0) is 10.4. The Kier molecular flexibility index (Phi) is 5.37. The van der Waals surface area contributed by atoms with Crippen LogP contribution in [0.5, 0.6) is 0 Å². The molecule has 82 valence electrons. The molecule has 3 nitrogen and oxygen atoms in total. The highest BCUT2D eigenvalue weighted by molar-refractivity contribution is 7.80. The predicted octanol–water partition coefficient (Wildman–Crippen LogP) is 0.866. The van der Waals surface area contributed by atoms with Gasteiger partial charge in [0.25, 0.3) is 0 Å². The van der Waals surface area contributed by atoms with Gasteiger partial charge in [-0.05, 0) is 38.6 Å². The zero-order valence-electron chi connectivity index (χ0n) is 8.74. The van der Waals surface area contributed by atoms with E-state index >= 15 is 0 Å². The average Bonchev–Trinajstić information content (AvgIpc) is 2.26. The van der Waals surface area contributed by atoms with Gasteiger partial charge in [-0.1, -0.05) is 12.2 Å². The van der Waals surface area contributed by atoms with Crippen LogP contribution in [0.15, 0.2) is 0 Å². The van der Waals surface area contributed by atoms with Crippen LogP contribution in [-0.2, 0) is 0 Å². The summed E-state index contributed by atoms with van der Waals surface area (Å²) in [5, 5.41) is 0. The fourth-order valence-corrected chi connectivity index (χ4v) is 2.11. The summed E-state index contributed by atoms with van der Waals surface area (Å²) >= 11 is 5.37. The van der Waals surface area contributed by atoms with Crippen LogP contribution in [0.2, 0.25) is 0 Å². The molecule has 1 aliphatic heterocycles. The van der Waals surface area contributed by atoms with Gasteiger partial charge in [0.2, 0.25) is 0 Å². The van der Waals surface area contributed by atoms with Gasteiger partial charge in [0.05, 0.1) is 11.0 Å². The smallest absolute Gasteiger partial charge is 0.0949 e. The summed E-state index contributed by atoms with van der Waals surface area (Å²) in [6.07, 6.45) is 5.73. The van der Waals surface area contributed by atoms with Crippen molar-refractivity contribution in [3.05, 3.63) is 0 Å². The van der Waals surface area contributed by atoms with Gasteiger partial charge in [0, 0.05) is 13.1 Å². The van der Waals surface area contributed by atoms with E-state index in [0.717, 1.165) is 30.9 Å². The molecule has 0 aliphatic carbocycles. The van der Waals surface area contributed by atoms with Crippen LogP contribution in [0.1, 0.15) is 32.1 Å². The molecule has 0 unspecified atom stereocenters. The molecule has 1 atom stereocenters. The summed E-state index contributed by atoms with van der Waals surface area (Å²) in [5.74, 6) is 0. The molecule has 0 aromatic rings. The molecule has 0 amide bonds. The lowest BCUT2D eigenvalue weighted by molar-refractivity contribution is 0.337. The van der Waals surface area contributed by atoms with Crippen LogP contribution in [-0.4, -0.2) is 35.6 Å². The van der Waals surface area contributed by atoms with Crippen molar-refractivity contribution in [3.63, 3.8) is 0 Å². The number of nitrogens with zero attached hydrogens (tertiary/aromatic N) is 1. The summed E-state index contributed by atoms with van der Waals surface area (Å²) in [6, 6.07) is 0.0339. The first-order valence-electron chi connectivity index (χ1n) is 5.50. The van der Waals surface area contributed by atoms with Crippen LogP contribution in [0.4, 0.5) is 0 Å². The summed E-state index contributed by atoms with van der Waals surface area (Å²) in [5.41, 5.74) is 11.4. The lowest BCUT2D eigenvalue weighted by Gasteiger charge is -2.31.